The smallest absolute Gasteiger partial charge is 0.265 e. The van der Waals surface area contributed by atoms with Gasteiger partial charge in [-0.15, -0.1) is 0 Å². The molecule has 0 fully saturated rings. The summed E-state index contributed by atoms with van der Waals surface area (Å²) < 4.78 is 11.1. The predicted octanol–water partition coefficient (Wildman–Crippen LogP) is 4.12. The number of anilines is 1. The first-order chi connectivity index (χ1) is 12.2. The van der Waals surface area contributed by atoms with E-state index < -0.39 is 6.10 Å². The largest absolute Gasteiger partial charge is 0.481 e. The molecule has 2 aromatic carbocycles. The number of benzene rings is 2. The number of rotatable bonds is 6. The second-order valence-corrected chi connectivity index (χ2v) is 6.48. The Kier molecular flexibility index (Phi) is 5.71. The molecule has 0 aromatic heterocycles. The lowest BCUT2D eigenvalue weighted by atomic mass is 9.91. The minimum atomic E-state index is -0.556. The number of ether oxygens (including phenoxy) is 2. The van der Waals surface area contributed by atoms with Gasteiger partial charge in [0.1, 0.15) is 5.75 Å². The topological polar surface area (TPSA) is 47.6 Å². The highest BCUT2D eigenvalue weighted by Crippen LogP contribution is 2.30. The van der Waals surface area contributed by atoms with E-state index in [1.54, 1.807) is 14.0 Å². The van der Waals surface area contributed by atoms with Crippen LogP contribution in [0.15, 0.2) is 42.5 Å². The standard InChI is InChI=1S/C21H25NO3/c1-15(21(23)22-18-10-5-7-16(13-18)14-24-2)25-20-12-6-9-17-8-3-4-11-19(17)20/h5-7,9-10,12-13,15H,3-4,8,11,14H2,1-2H3,(H,22,23)/t15-/m0/s1. The lowest BCUT2D eigenvalue weighted by Gasteiger charge is -2.22. The minimum Gasteiger partial charge on any atom is -0.481 e. The van der Waals surface area contributed by atoms with E-state index in [9.17, 15) is 4.79 Å². The molecule has 0 spiro atoms. The Hall–Kier alpha value is -2.33. The lowest BCUT2D eigenvalue weighted by Crippen LogP contribution is -2.30. The van der Waals surface area contributed by atoms with Crippen molar-refractivity contribution in [2.75, 3.05) is 12.4 Å². The van der Waals surface area contributed by atoms with Crippen LogP contribution in [0.25, 0.3) is 0 Å². The molecule has 3 rings (SSSR count). The van der Waals surface area contributed by atoms with Gasteiger partial charge in [0.25, 0.3) is 5.91 Å². The van der Waals surface area contributed by atoms with Gasteiger partial charge in [-0.3, -0.25) is 4.79 Å². The van der Waals surface area contributed by atoms with E-state index in [4.69, 9.17) is 9.47 Å². The van der Waals surface area contributed by atoms with Crippen molar-refractivity contribution in [3.8, 4) is 5.75 Å². The minimum absolute atomic E-state index is 0.150. The number of nitrogens with one attached hydrogen (secondary N) is 1. The third kappa shape index (κ3) is 4.40. The number of hydrogen-bond acceptors (Lipinski definition) is 3. The molecule has 1 aliphatic carbocycles. The summed E-state index contributed by atoms with van der Waals surface area (Å²) in [5.41, 5.74) is 4.38. The van der Waals surface area contributed by atoms with E-state index in [1.807, 2.05) is 36.4 Å². The molecule has 0 aliphatic heterocycles. The number of aryl methyl sites for hydroxylation is 1. The zero-order valence-electron chi connectivity index (χ0n) is 14.9. The molecule has 132 valence electrons. The summed E-state index contributed by atoms with van der Waals surface area (Å²) >= 11 is 0. The van der Waals surface area contributed by atoms with E-state index in [1.165, 1.54) is 24.0 Å². The van der Waals surface area contributed by atoms with Crippen LogP contribution in [0.5, 0.6) is 5.75 Å². The van der Waals surface area contributed by atoms with Crippen molar-refractivity contribution < 1.29 is 14.3 Å². The Balaban J connectivity index is 1.66. The Morgan fingerprint density at radius 3 is 2.80 bits per heavy atom. The molecule has 1 amide bonds. The van der Waals surface area contributed by atoms with E-state index in [0.717, 1.165) is 29.8 Å². The maximum Gasteiger partial charge on any atom is 0.265 e. The van der Waals surface area contributed by atoms with Gasteiger partial charge >= 0.3 is 0 Å². The second kappa shape index (κ2) is 8.17. The molecule has 0 unspecified atom stereocenters. The molecule has 1 N–H and O–H groups in total. The highest BCUT2D eigenvalue weighted by molar-refractivity contribution is 5.94. The molecule has 4 nitrogen and oxygen atoms in total. The van der Waals surface area contributed by atoms with Gasteiger partial charge in [0.2, 0.25) is 0 Å². The molecule has 1 atom stereocenters. The Labute approximate surface area is 149 Å². The summed E-state index contributed by atoms with van der Waals surface area (Å²) in [6.07, 6.45) is 3.97. The summed E-state index contributed by atoms with van der Waals surface area (Å²) in [6.45, 7) is 2.31. The quantitative estimate of drug-likeness (QED) is 0.861. The van der Waals surface area contributed by atoms with Gasteiger partial charge in [0.15, 0.2) is 6.10 Å². The third-order valence-electron chi connectivity index (χ3n) is 4.53. The van der Waals surface area contributed by atoms with E-state index >= 15 is 0 Å². The van der Waals surface area contributed by atoms with Crippen molar-refractivity contribution in [2.24, 2.45) is 0 Å². The molecule has 0 saturated carbocycles. The molecule has 25 heavy (non-hydrogen) atoms. The fourth-order valence-corrected chi connectivity index (χ4v) is 3.25. The summed E-state index contributed by atoms with van der Waals surface area (Å²) in [7, 11) is 1.65. The number of carbonyl (C=O) groups is 1. The summed E-state index contributed by atoms with van der Waals surface area (Å²) in [4.78, 5) is 12.5. The molecule has 4 heteroatoms. The van der Waals surface area contributed by atoms with Crippen LogP contribution in [0, 0.1) is 0 Å². The maximum absolute atomic E-state index is 12.5. The van der Waals surface area contributed by atoms with Crippen LogP contribution in [0.2, 0.25) is 0 Å². The fourth-order valence-electron chi connectivity index (χ4n) is 3.25. The van der Waals surface area contributed by atoms with Crippen molar-refractivity contribution in [1.29, 1.82) is 0 Å². The van der Waals surface area contributed by atoms with E-state index in [0.29, 0.717) is 6.61 Å². The molecule has 0 heterocycles. The van der Waals surface area contributed by atoms with Crippen molar-refractivity contribution >= 4 is 11.6 Å². The number of fused-ring (bicyclic) bond motifs is 1. The molecule has 0 radical (unpaired) electrons. The highest BCUT2D eigenvalue weighted by Gasteiger charge is 2.19. The first kappa shape index (κ1) is 17.5. The average Bonchev–Trinajstić information content (AvgIpc) is 2.62. The first-order valence-corrected chi connectivity index (χ1v) is 8.83. The van der Waals surface area contributed by atoms with Gasteiger partial charge in [0.05, 0.1) is 6.61 Å². The monoisotopic (exact) mass is 339 g/mol. The van der Waals surface area contributed by atoms with Crippen molar-refractivity contribution in [3.63, 3.8) is 0 Å². The summed E-state index contributed by atoms with van der Waals surface area (Å²) in [6, 6.07) is 13.8. The molecule has 0 saturated heterocycles. The maximum atomic E-state index is 12.5. The second-order valence-electron chi connectivity index (χ2n) is 6.48. The van der Waals surface area contributed by atoms with Gasteiger partial charge in [-0.2, -0.15) is 0 Å². The van der Waals surface area contributed by atoms with Crippen LogP contribution >= 0.6 is 0 Å². The van der Waals surface area contributed by atoms with Crippen LogP contribution in [-0.4, -0.2) is 19.1 Å². The van der Waals surface area contributed by atoms with Gasteiger partial charge in [-0.1, -0.05) is 24.3 Å². The molecule has 0 bridgehead atoms. The first-order valence-electron chi connectivity index (χ1n) is 8.83. The lowest BCUT2D eigenvalue weighted by molar-refractivity contribution is -0.122. The Bertz CT molecular complexity index is 742. The Morgan fingerprint density at radius 1 is 1.16 bits per heavy atom. The van der Waals surface area contributed by atoms with Crippen molar-refractivity contribution in [1.82, 2.24) is 0 Å². The summed E-state index contributed by atoms with van der Waals surface area (Å²) in [5.74, 6) is 0.691. The SMILES string of the molecule is COCc1cccc(NC(=O)[C@H](C)Oc2cccc3c2CCCC3)c1. The van der Waals surface area contributed by atoms with Gasteiger partial charge in [0, 0.05) is 12.8 Å². The summed E-state index contributed by atoms with van der Waals surface area (Å²) in [5, 5.41) is 2.92. The molecular formula is C21H25NO3. The highest BCUT2D eigenvalue weighted by atomic mass is 16.5. The number of amides is 1. The Morgan fingerprint density at radius 2 is 1.96 bits per heavy atom. The van der Waals surface area contributed by atoms with Gasteiger partial charge in [-0.25, -0.2) is 0 Å². The zero-order chi connectivity index (χ0) is 17.6. The van der Waals surface area contributed by atoms with Crippen LogP contribution in [0.1, 0.15) is 36.5 Å². The predicted molar refractivity (Wildman–Crippen MR) is 99.0 cm³/mol. The van der Waals surface area contributed by atoms with Crippen LogP contribution in [0.4, 0.5) is 5.69 Å². The molecule has 2 aromatic rings. The fraction of sp³-hybridized carbons (Fsp3) is 0.381. The van der Waals surface area contributed by atoms with E-state index in [2.05, 4.69) is 11.4 Å². The van der Waals surface area contributed by atoms with Crippen molar-refractivity contribution in [3.05, 3.63) is 59.2 Å². The molecular weight excluding hydrogens is 314 g/mol. The average molecular weight is 339 g/mol. The van der Waals surface area contributed by atoms with E-state index in [-0.39, 0.29) is 5.91 Å². The van der Waals surface area contributed by atoms with Crippen molar-refractivity contribution in [2.45, 2.75) is 45.3 Å². The number of carbonyl (C=O) groups excluding carboxylic acids is 1. The van der Waals surface area contributed by atoms with Gasteiger partial charge in [-0.05, 0) is 67.5 Å². The van der Waals surface area contributed by atoms with Crippen LogP contribution in [-0.2, 0) is 29.0 Å². The van der Waals surface area contributed by atoms with Gasteiger partial charge < -0.3 is 14.8 Å². The van der Waals surface area contributed by atoms with Crippen LogP contribution < -0.4 is 10.1 Å². The number of hydrogen-bond donors (Lipinski definition) is 1. The number of methoxy groups -OCH3 is 1. The zero-order valence-corrected chi connectivity index (χ0v) is 14.9. The normalized spacial score (nSPS) is 14.5. The van der Waals surface area contributed by atoms with Crippen LogP contribution in [0.3, 0.4) is 0 Å². The molecule has 1 aliphatic rings. The third-order valence-corrected chi connectivity index (χ3v) is 4.53.